The summed E-state index contributed by atoms with van der Waals surface area (Å²) in [6.45, 7) is 86.6. The first-order valence-corrected chi connectivity index (χ1v) is 54.8. The van der Waals surface area contributed by atoms with Gasteiger partial charge in [-0.3, -0.25) is 48.9 Å². The number of nitrogens with one attached hydrogen (secondary N) is 4. The molecule has 18 nitrogen and oxygen atoms in total. The summed E-state index contributed by atoms with van der Waals surface area (Å²) in [6.07, 6.45) is 36.0. The number of ether oxygens (including phenoxy) is 1. The van der Waals surface area contributed by atoms with Crippen molar-refractivity contribution in [2.24, 2.45) is 100 Å². The number of esters is 1. The summed E-state index contributed by atoms with van der Waals surface area (Å²) in [5.41, 5.74) is 8.08. The van der Waals surface area contributed by atoms with Crippen LogP contribution in [0.1, 0.15) is 437 Å². The molecule has 1 aliphatic heterocycles. The van der Waals surface area contributed by atoms with Gasteiger partial charge in [0.1, 0.15) is 6.61 Å². The predicted molar refractivity (Wildman–Crippen MR) is 583 cm³/mol. The molecule has 6 atom stereocenters. The van der Waals surface area contributed by atoms with Crippen LogP contribution in [0.15, 0.2) is 116 Å². The summed E-state index contributed by atoms with van der Waals surface area (Å²) in [4.78, 5) is 86.4. The molecule has 19 heteroatoms. The first kappa shape index (κ1) is 129. The third kappa shape index (κ3) is 64.5. The number of pyridine rings is 3. The number of aryl methyl sites for hydroxylation is 1. The standard InChI is InChI=1S/C21H35NO.C20H35N3O.C20H34N2O.C20H36N2.C20H33NO2.C18H35NO3S/c1-20(2,3)15-11-10-14-18(21(4,5)6)19(23)22-16-17-12-8-7-9-13-17;1-15-12-22-16(13-21-15)14-23-18(24)17(20(5,6)7)10-8-9-11-19(2,3)4;1-19(2,3)13-9-7-12-17(20(4,5)6)18(23)22-15-16-11-8-10-14-21-16;1-19(2,3)13-9-7-11-17(20(4,5)6)15-21-16-18-12-8-10-14-22-18;1-19(2,3)13-9-7-12-17(20(4,5)6)18(22)23-15-16-11-8-10-14-21-16;1-17(2,3)10-8-7-9-15(18(4,5)6)16(20)19-11-13-23(21,22)14-12-19/h7-9,12-13,18H,10-11,14-16H2,1-6H3,(H,22,23);12-13,17H,8-11,14H2,1-7H3,(H,23,24);8,10-11,14,17H,7,9,12-13,15H2,1-6H3,(H,22,23);8,10,12,14,17,21H,7,9,11,13,15-16H2,1-6H3;8,10-11,14,17H,7,9,12-13,15H2,1-6H3;15H,7-14H2,1-6H3. The summed E-state index contributed by atoms with van der Waals surface area (Å²) >= 11 is 0. The van der Waals surface area contributed by atoms with Gasteiger partial charge in [-0.1, -0.05) is 375 Å². The number of carbonyl (C=O) groups excluding carboxylic acids is 5. The quantitative estimate of drug-likeness (QED) is 0.0210. The number of nitrogens with zero attached hydrogens (tertiary/aromatic N) is 6. The minimum atomic E-state index is -2.94. The molecule has 5 aromatic rings. The molecule has 5 heterocycles. The molecule has 0 radical (unpaired) electrons. The molecule has 0 aliphatic carbocycles. The summed E-state index contributed by atoms with van der Waals surface area (Å²) < 4.78 is 28.6. The maximum Gasteiger partial charge on any atom is 0.309 e. The van der Waals surface area contributed by atoms with Crippen molar-refractivity contribution in [3.8, 4) is 0 Å². The highest BCUT2D eigenvalue weighted by Gasteiger charge is 2.39. The van der Waals surface area contributed by atoms with Gasteiger partial charge in [0.05, 0.1) is 65.2 Å². The Morgan fingerprint density at radius 1 is 0.333 bits per heavy atom. The second-order valence-electron chi connectivity index (χ2n) is 53.5. The van der Waals surface area contributed by atoms with Crippen molar-refractivity contribution in [1.82, 2.24) is 51.1 Å². The molecule has 788 valence electrons. The average molecular weight is 1940 g/mol. The van der Waals surface area contributed by atoms with E-state index >= 15 is 0 Å². The second-order valence-corrected chi connectivity index (χ2v) is 55.8. The maximum absolute atomic E-state index is 12.9. The van der Waals surface area contributed by atoms with E-state index in [0.717, 1.165) is 130 Å². The van der Waals surface area contributed by atoms with Crippen molar-refractivity contribution in [3.05, 3.63) is 150 Å². The molecule has 1 aromatic carbocycles. The highest BCUT2D eigenvalue weighted by Crippen LogP contribution is 2.40. The number of carbonyl (C=O) groups is 5. The summed E-state index contributed by atoms with van der Waals surface area (Å²) in [7, 11) is -2.94. The number of hydrogen-bond acceptors (Lipinski definition) is 14. The number of amides is 4. The number of aromatic nitrogens is 5. The molecule has 138 heavy (non-hydrogen) atoms. The molecule has 6 unspecified atom stereocenters. The van der Waals surface area contributed by atoms with Crippen LogP contribution in [-0.4, -0.2) is 99.0 Å². The summed E-state index contributed by atoms with van der Waals surface area (Å²) in [6, 6.07) is 27.6. The lowest BCUT2D eigenvalue weighted by atomic mass is 9.76. The number of hydrogen-bond donors (Lipinski definition) is 4. The fourth-order valence-corrected chi connectivity index (χ4v) is 18.1. The molecular weight excluding hydrogens is 1730 g/mol. The van der Waals surface area contributed by atoms with E-state index in [0.29, 0.717) is 70.6 Å². The van der Waals surface area contributed by atoms with Gasteiger partial charge in [0.2, 0.25) is 23.6 Å². The Bertz CT molecular complexity index is 4000. The third-order valence-electron chi connectivity index (χ3n) is 26.0. The lowest BCUT2D eigenvalue weighted by molar-refractivity contribution is -0.154. The molecule has 4 aromatic heterocycles. The van der Waals surface area contributed by atoms with Gasteiger partial charge in [-0.25, -0.2) is 8.42 Å². The Morgan fingerprint density at radius 2 is 0.645 bits per heavy atom. The molecule has 1 saturated heterocycles. The molecular formula is C119H208N10O8S. The van der Waals surface area contributed by atoms with Crippen LogP contribution in [0.2, 0.25) is 0 Å². The van der Waals surface area contributed by atoms with Crippen LogP contribution < -0.4 is 21.3 Å². The van der Waals surface area contributed by atoms with Crippen molar-refractivity contribution < 1.29 is 37.1 Å². The zero-order valence-electron chi connectivity index (χ0n) is 95.3. The third-order valence-corrected chi connectivity index (χ3v) is 27.6. The van der Waals surface area contributed by atoms with Gasteiger partial charge in [0.15, 0.2) is 9.84 Å². The van der Waals surface area contributed by atoms with Crippen LogP contribution in [0, 0.1) is 107 Å². The fraction of sp³-hybridized carbons (Fsp3) is 0.748. The van der Waals surface area contributed by atoms with E-state index in [-0.39, 0.29) is 104 Å². The van der Waals surface area contributed by atoms with Crippen molar-refractivity contribution in [2.75, 3.05) is 31.1 Å². The smallest absolute Gasteiger partial charge is 0.309 e. The van der Waals surface area contributed by atoms with Crippen LogP contribution in [0.4, 0.5) is 0 Å². The van der Waals surface area contributed by atoms with E-state index in [4.69, 9.17) is 4.74 Å². The topological polar surface area (TPSA) is 245 Å². The van der Waals surface area contributed by atoms with Crippen LogP contribution in [0.25, 0.3) is 0 Å². The van der Waals surface area contributed by atoms with Crippen LogP contribution in [0.3, 0.4) is 0 Å². The van der Waals surface area contributed by atoms with Gasteiger partial charge >= 0.3 is 5.97 Å². The average Bonchev–Trinajstić information content (AvgIpc) is 0.820. The molecule has 0 bridgehead atoms. The molecule has 0 saturated carbocycles. The van der Waals surface area contributed by atoms with E-state index in [9.17, 15) is 32.4 Å². The Balaban J connectivity index is 0.000000828. The van der Waals surface area contributed by atoms with E-state index in [1.54, 1.807) is 29.7 Å². The Morgan fingerprint density at radius 3 is 0.964 bits per heavy atom. The predicted octanol–water partition coefficient (Wildman–Crippen LogP) is 29.6. The zero-order chi connectivity index (χ0) is 105. The zero-order valence-corrected chi connectivity index (χ0v) is 96.1. The lowest BCUT2D eigenvalue weighted by Gasteiger charge is -2.36. The Labute approximate surface area is 847 Å². The maximum atomic E-state index is 12.9. The normalized spacial score (nSPS) is 14.8. The SMILES string of the molecule is CC(C)(C)CCCCC(C(=O)N1CCS(=O)(=O)CC1)C(C)(C)C.CC(C)(C)CCCCC(C(=O)NCc1ccccc1)C(C)(C)C.CC(C)(C)CCCCC(C(=O)NCc1ccccn1)C(C)(C)C.CC(C)(C)CCCCC(C(=O)OCc1ccccn1)C(C)(C)C.CC(C)(C)CCCCC(CNCc1ccccn1)C(C)(C)C.Cc1cnc(CNC(=O)C(CCCCC(C)(C)C)C(C)(C)C)cn1. The number of rotatable bonds is 41. The molecule has 4 amide bonds. The van der Waals surface area contributed by atoms with Gasteiger partial charge in [0, 0.05) is 74.6 Å². The largest absolute Gasteiger partial charge is 0.459 e. The minimum Gasteiger partial charge on any atom is -0.459 e. The van der Waals surface area contributed by atoms with Crippen LogP contribution >= 0.6 is 0 Å². The Hall–Kier alpha value is -6.99. The second kappa shape index (κ2) is 61.2. The summed E-state index contributed by atoms with van der Waals surface area (Å²) in [5, 5.41) is 12.8. The number of unbranched alkanes of at least 4 members (excludes halogenated alkanes) is 6. The van der Waals surface area contributed by atoms with E-state index in [2.05, 4.69) is 320 Å². The summed E-state index contributed by atoms with van der Waals surface area (Å²) in [5.74, 6) is 1.51. The van der Waals surface area contributed by atoms with Crippen LogP contribution in [-0.2, 0) is 71.3 Å². The molecule has 0 spiro atoms. The highest BCUT2D eigenvalue weighted by molar-refractivity contribution is 7.91. The van der Waals surface area contributed by atoms with Crippen molar-refractivity contribution in [2.45, 2.75) is 443 Å². The van der Waals surface area contributed by atoms with Crippen molar-refractivity contribution in [3.63, 3.8) is 0 Å². The van der Waals surface area contributed by atoms with Gasteiger partial charge in [-0.2, -0.15) is 0 Å². The highest BCUT2D eigenvalue weighted by atomic mass is 32.2. The first-order chi connectivity index (χ1) is 63.3. The van der Waals surface area contributed by atoms with Gasteiger partial charge in [0.25, 0.3) is 0 Å². The lowest BCUT2D eigenvalue weighted by Crippen LogP contribution is -2.48. The van der Waals surface area contributed by atoms with E-state index in [1.165, 1.54) is 77.0 Å². The van der Waals surface area contributed by atoms with Gasteiger partial charge < -0.3 is 30.9 Å². The minimum absolute atomic E-state index is 0.00248. The molecule has 4 N–H and O–H groups in total. The number of sulfone groups is 1. The van der Waals surface area contributed by atoms with E-state index in [1.807, 2.05) is 73.8 Å². The van der Waals surface area contributed by atoms with Gasteiger partial charge in [-0.15, -0.1) is 0 Å². The Kier molecular flexibility index (Phi) is 57.2. The molecule has 1 aliphatic rings. The van der Waals surface area contributed by atoms with Crippen molar-refractivity contribution in [1.29, 1.82) is 0 Å². The van der Waals surface area contributed by atoms with Crippen LogP contribution in [0.5, 0.6) is 0 Å². The van der Waals surface area contributed by atoms with Crippen molar-refractivity contribution >= 4 is 39.4 Å². The van der Waals surface area contributed by atoms with E-state index < -0.39 is 9.84 Å². The fourth-order valence-electron chi connectivity index (χ4n) is 16.9. The monoisotopic (exact) mass is 1940 g/mol. The number of benzene rings is 1. The molecule has 6 rings (SSSR count). The first-order valence-electron chi connectivity index (χ1n) is 53.0. The molecule has 1 fully saturated rings. The van der Waals surface area contributed by atoms with Gasteiger partial charge in [-0.05, 0) is 203 Å².